The molecular formula is C16H20N2. The first-order valence-corrected chi connectivity index (χ1v) is 7.21. The van der Waals surface area contributed by atoms with Gasteiger partial charge >= 0.3 is 0 Å². The molecule has 4 rings (SSSR count). The largest absolute Gasteiger partial charge is 0.342 e. The molecule has 0 bridgehead atoms. The van der Waals surface area contributed by atoms with Crippen LogP contribution in [-0.4, -0.2) is 9.97 Å². The first-order valence-electron chi connectivity index (χ1n) is 7.21. The molecule has 2 aliphatic rings. The number of nitrogens with zero attached hydrogens (tertiary/aromatic N) is 1. The van der Waals surface area contributed by atoms with Gasteiger partial charge in [-0.3, -0.25) is 0 Å². The molecule has 0 amide bonds. The van der Waals surface area contributed by atoms with Gasteiger partial charge in [0, 0.05) is 5.92 Å². The Kier molecular flexibility index (Phi) is 2.12. The Hall–Kier alpha value is -1.31. The van der Waals surface area contributed by atoms with Crippen LogP contribution in [0.15, 0.2) is 12.1 Å². The van der Waals surface area contributed by atoms with Gasteiger partial charge in [0.2, 0.25) is 0 Å². The molecule has 2 heteroatoms. The average molecular weight is 240 g/mol. The van der Waals surface area contributed by atoms with Gasteiger partial charge in [0.15, 0.2) is 0 Å². The molecule has 94 valence electrons. The summed E-state index contributed by atoms with van der Waals surface area (Å²) < 4.78 is 0. The van der Waals surface area contributed by atoms with Crippen LogP contribution in [0.1, 0.15) is 48.6 Å². The van der Waals surface area contributed by atoms with Crippen LogP contribution in [-0.2, 0) is 0 Å². The van der Waals surface area contributed by atoms with Crippen LogP contribution in [0.3, 0.4) is 0 Å². The molecule has 18 heavy (non-hydrogen) atoms. The molecule has 2 unspecified atom stereocenters. The maximum atomic E-state index is 4.85. The number of benzene rings is 1. The van der Waals surface area contributed by atoms with Gasteiger partial charge in [-0.1, -0.05) is 12.8 Å². The predicted molar refractivity (Wildman–Crippen MR) is 73.8 cm³/mol. The highest BCUT2D eigenvalue weighted by atomic mass is 14.9. The molecule has 1 aromatic heterocycles. The molecule has 0 saturated heterocycles. The van der Waals surface area contributed by atoms with Gasteiger partial charge in [0.25, 0.3) is 0 Å². The topological polar surface area (TPSA) is 28.7 Å². The number of aromatic amines is 1. The first-order chi connectivity index (χ1) is 8.74. The van der Waals surface area contributed by atoms with Crippen molar-refractivity contribution < 1.29 is 0 Å². The number of nitrogens with one attached hydrogen (secondary N) is 1. The summed E-state index contributed by atoms with van der Waals surface area (Å²) in [4.78, 5) is 8.42. The summed E-state index contributed by atoms with van der Waals surface area (Å²) in [7, 11) is 0. The van der Waals surface area contributed by atoms with Crippen molar-refractivity contribution in [3.63, 3.8) is 0 Å². The van der Waals surface area contributed by atoms with E-state index in [4.69, 9.17) is 4.98 Å². The van der Waals surface area contributed by atoms with Crippen LogP contribution in [0.2, 0.25) is 0 Å². The highest BCUT2D eigenvalue weighted by Gasteiger charge is 2.52. The smallest absolute Gasteiger partial charge is 0.110 e. The Balaban J connectivity index is 1.74. The maximum absolute atomic E-state index is 4.85. The quantitative estimate of drug-likeness (QED) is 0.799. The second-order valence-corrected chi connectivity index (χ2v) is 6.21. The van der Waals surface area contributed by atoms with Crippen molar-refractivity contribution in [1.29, 1.82) is 0 Å². The molecule has 0 spiro atoms. The summed E-state index contributed by atoms with van der Waals surface area (Å²) in [6.07, 6.45) is 5.70. The molecule has 2 aliphatic carbocycles. The molecular weight excluding hydrogens is 220 g/mol. The zero-order chi connectivity index (χ0) is 12.3. The number of fused-ring (bicyclic) bond motifs is 2. The highest BCUT2D eigenvalue weighted by molar-refractivity contribution is 5.77. The number of H-pyrrole nitrogens is 1. The third-order valence-electron chi connectivity index (χ3n) is 5.09. The zero-order valence-electron chi connectivity index (χ0n) is 11.2. The lowest BCUT2D eigenvalue weighted by atomic mass is 10.0. The number of hydrogen-bond acceptors (Lipinski definition) is 1. The predicted octanol–water partition coefficient (Wildman–Crippen LogP) is 4.08. The lowest BCUT2D eigenvalue weighted by Gasteiger charge is -2.04. The first kappa shape index (κ1) is 10.6. The average Bonchev–Trinajstić information content (AvgIpc) is 2.97. The summed E-state index contributed by atoms with van der Waals surface area (Å²) in [5.41, 5.74) is 5.06. The highest BCUT2D eigenvalue weighted by Crippen LogP contribution is 2.60. The van der Waals surface area contributed by atoms with E-state index in [1.165, 1.54) is 48.2 Å². The van der Waals surface area contributed by atoms with Gasteiger partial charge in [-0.2, -0.15) is 0 Å². The molecule has 2 saturated carbocycles. The molecule has 2 fully saturated rings. The van der Waals surface area contributed by atoms with Gasteiger partial charge in [0.1, 0.15) is 5.82 Å². The second-order valence-electron chi connectivity index (χ2n) is 6.21. The number of rotatable bonds is 1. The second kappa shape index (κ2) is 3.59. The third-order valence-corrected chi connectivity index (χ3v) is 5.09. The fourth-order valence-electron chi connectivity index (χ4n) is 3.85. The van der Waals surface area contributed by atoms with Crippen molar-refractivity contribution >= 4 is 11.0 Å². The van der Waals surface area contributed by atoms with Gasteiger partial charge < -0.3 is 4.98 Å². The maximum Gasteiger partial charge on any atom is 0.110 e. The molecule has 2 nitrogen and oxygen atoms in total. The van der Waals surface area contributed by atoms with E-state index in [-0.39, 0.29) is 0 Å². The van der Waals surface area contributed by atoms with Gasteiger partial charge in [-0.15, -0.1) is 0 Å². The summed E-state index contributed by atoms with van der Waals surface area (Å²) in [5.74, 6) is 3.86. The molecule has 1 aromatic carbocycles. The van der Waals surface area contributed by atoms with Gasteiger partial charge in [-0.25, -0.2) is 4.98 Å². The van der Waals surface area contributed by atoms with Crippen molar-refractivity contribution in [3.05, 3.63) is 29.1 Å². The normalized spacial score (nSPS) is 30.4. The van der Waals surface area contributed by atoms with E-state index in [2.05, 4.69) is 31.0 Å². The summed E-state index contributed by atoms with van der Waals surface area (Å²) >= 11 is 0. The van der Waals surface area contributed by atoms with Crippen molar-refractivity contribution in [3.8, 4) is 0 Å². The summed E-state index contributed by atoms with van der Waals surface area (Å²) in [5, 5.41) is 0. The minimum absolute atomic E-state index is 0.737. The van der Waals surface area contributed by atoms with E-state index in [0.717, 1.165) is 23.3 Å². The van der Waals surface area contributed by atoms with Crippen LogP contribution in [0.5, 0.6) is 0 Å². The monoisotopic (exact) mass is 240 g/mol. The van der Waals surface area contributed by atoms with Crippen LogP contribution in [0.4, 0.5) is 0 Å². The zero-order valence-corrected chi connectivity index (χ0v) is 11.2. The standard InChI is InChI=1S/C16H20N2/c1-9-7-13-14(8-10(9)2)18-16(17-13)15-11-5-3-4-6-12(11)15/h7-8,11-12,15H,3-6H2,1-2H3,(H,17,18). The Morgan fingerprint density at radius 1 is 1.06 bits per heavy atom. The molecule has 2 aromatic rings. The van der Waals surface area contributed by atoms with E-state index in [1.54, 1.807) is 0 Å². The van der Waals surface area contributed by atoms with Crippen molar-refractivity contribution in [2.45, 2.75) is 45.4 Å². The number of aryl methyl sites for hydroxylation is 2. The van der Waals surface area contributed by atoms with E-state index in [9.17, 15) is 0 Å². The van der Waals surface area contributed by atoms with Crippen LogP contribution >= 0.6 is 0 Å². The Labute approximate surface area is 108 Å². The third kappa shape index (κ3) is 1.44. The summed E-state index contributed by atoms with van der Waals surface area (Å²) in [6, 6.07) is 4.46. The summed E-state index contributed by atoms with van der Waals surface area (Å²) in [6.45, 7) is 4.34. The number of hydrogen-bond donors (Lipinski definition) is 1. The van der Waals surface area contributed by atoms with Crippen LogP contribution in [0, 0.1) is 25.7 Å². The lowest BCUT2D eigenvalue weighted by Crippen LogP contribution is -1.91. The van der Waals surface area contributed by atoms with E-state index < -0.39 is 0 Å². The van der Waals surface area contributed by atoms with Crippen molar-refractivity contribution in [2.24, 2.45) is 11.8 Å². The molecule has 2 atom stereocenters. The van der Waals surface area contributed by atoms with Crippen LogP contribution < -0.4 is 0 Å². The molecule has 1 N–H and O–H groups in total. The number of imidazole rings is 1. The van der Waals surface area contributed by atoms with Crippen LogP contribution in [0.25, 0.3) is 11.0 Å². The lowest BCUT2D eigenvalue weighted by molar-refractivity contribution is 0.480. The van der Waals surface area contributed by atoms with Crippen molar-refractivity contribution in [1.82, 2.24) is 9.97 Å². The molecule has 0 aliphatic heterocycles. The molecule has 1 heterocycles. The number of aromatic nitrogens is 2. The Bertz CT molecular complexity index is 560. The Morgan fingerprint density at radius 3 is 2.44 bits per heavy atom. The van der Waals surface area contributed by atoms with Crippen molar-refractivity contribution in [2.75, 3.05) is 0 Å². The van der Waals surface area contributed by atoms with E-state index >= 15 is 0 Å². The molecule has 0 radical (unpaired) electrons. The fraction of sp³-hybridized carbons (Fsp3) is 0.562. The van der Waals surface area contributed by atoms with Gasteiger partial charge in [0.05, 0.1) is 11.0 Å². The SMILES string of the molecule is Cc1cc2nc(C3C4CCCCC43)[nH]c2cc1C. The fourth-order valence-corrected chi connectivity index (χ4v) is 3.85. The van der Waals surface area contributed by atoms with E-state index in [1.807, 2.05) is 0 Å². The Morgan fingerprint density at radius 2 is 1.72 bits per heavy atom. The van der Waals surface area contributed by atoms with E-state index in [0.29, 0.717) is 0 Å². The minimum atomic E-state index is 0.737. The minimum Gasteiger partial charge on any atom is -0.342 e. The van der Waals surface area contributed by atoms with Gasteiger partial charge in [-0.05, 0) is 61.8 Å².